The molecule has 4 heteroatoms. The Labute approximate surface area is 101 Å². The zero-order valence-electron chi connectivity index (χ0n) is 10.2. The number of aryl methyl sites for hydroxylation is 1. The third kappa shape index (κ3) is 3.30. The molecule has 0 aliphatic heterocycles. The van der Waals surface area contributed by atoms with Crippen LogP contribution in [-0.2, 0) is 4.79 Å². The molecule has 0 aromatic heterocycles. The number of benzene rings is 1. The molecule has 1 atom stereocenters. The van der Waals surface area contributed by atoms with Crippen LogP contribution >= 0.6 is 0 Å². The first-order valence-electron chi connectivity index (χ1n) is 5.66. The maximum Gasteiger partial charge on any atom is 0.241 e. The summed E-state index contributed by atoms with van der Waals surface area (Å²) in [5.41, 5.74) is 7.57. The number of carbonyl (C=O) groups excluding carboxylic acids is 1. The van der Waals surface area contributed by atoms with Gasteiger partial charge in [-0.2, -0.15) is 5.26 Å². The predicted octanol–water partition coefficient (Wildman–Crippen LogP) is 1.93. The number of nitriles is 1. The molecule has 0 radical (unpaired) electrons. The lowest BCUT2D eigenvalue weighted by atomic mass is 10.1. The summed E-state index contributed by atoms with van der Waals surface area (Å²) in [6.07, 6.45) is 1.49. The molecule has 0 bridgehead atoms. The summed E-state index contributed by atoms with van der Waals surface area (Å²) < 4.78 is 0. The van der Waals surface area contributed by atoms with Crippen molar-refractivity contribution < 1.29 is 4.79 Å². The fourth-order valence-electron chi connectivity index (χ4n) is 1.59. The quantitative estimate of drug-likeness (QED) is 0.831. The van der Waals surface area contributed by atoms with E-state index in [-0.39, 0.29) is 5.91 Å². The van der Waals surface area contributed by atoms with Crippen molar-refractivity contribution in [1.82, 2.24) is 0 Å². The van der Waals surface area contributed by atoms with Gasteiger partial charge in [-0.3, -0.25) is 4.79 Å². The summed E-state index contributed by atoms with van der Waals surface area (Å²) in [4.78, 5) is 11.7. The molecule has 17 heavy (non-hydrogen) atoms. The summed E-state index contributed by atoms with van der Waals surface area (Å²) in [5.74, 6) is -0.242. The SMILES string of the molecule is CCC[C@H](N)C(=O)Nc1cccc(C)c1C#N. The van der Waals surface area contributed by atoms with Crippen molar-refractivity contribution in [3.63, 3.8) is 0 Å². The molecule has 0 unspecified atom stereocenters. The minimum Gasteiger partial charge on any atom is -0.324 e. The van der Waals surface area contributed by atoms with Crippen LogP contribution < -0.4 is 11.1 Å². The molecule has 1 rings (SSSR count). The van der Waals surface area contributed by atoms with E-state index < -0.39 is 6.04 Å². The molecule has 1 aromatic carbocycles. The lowest BCUT2D eigenvalue weighted by Gasteiger charge is -2.12. The molecule has 3 N–H and O–H groups in total. The number of anilines is 1. The number of hydrogen-bond acceptors (Lipinski definition) is 3. The van der Waals surface area contributed by atoms with Gasteiger partial charge < -0.3 is 11.1 Å². The van der Waals surface area contributed by atoms with Crippen LogP contribution in [0.2, 0.25) is 0 Å². The van der Waals surface area contributed by atoms with Gasteiger partial charge in [0.05, 0.1) is 17.3 Å². The van der Waals surface area contributed by atoms with Gasteiger partial charge >= 0.3 is 0 Å². The summed E-state index contributed by atoms with van der Waals surface area (Å²) in [7, 11) is 0. The zero-order valence-corrected chi connectivity index (χ0v) is 10.2. The molecule has 0 heterocycles. The number of carbonyl (C=O) groups is 1. The van der Waals surface area contributed by atoms with Gasteiger partial charge in [0.15, 0.2) is 0 Å². The largest absolute Gasteiger partial charge is 0.324 e. The molecule has 0 aliphatic rings. The van der Waals surface area contributed by atoms with Crippen molar-refractivity contribution in [3.05, 3.63) is 29.3 Å². The fraction of sp³-hybridized carbons (Fsp3) is 0.385. The van der Waals surface area contributed by atoms with Gasteiger partial charge in [-0.05, 0) is 25.0 Å². The van der Waals surface area contributed by atoms with E-state index in [1.165, 1.54) is 0 Å². The Balaban J connectivity index is 2.86. The fourth-order valence-corrected chi connectivity index (χ4v) is 1.59. The molecule has 0 spiro atoms. The first-order valence-corrected chi connectivity index (χ1v) is 5.66. The molecule has 0 aliphatic carbocycles. The first-order chi connectivity index (χ1) is 8.10. The molecule has 90 valence electrons. The standard InChI is InChI=1S/C13H17N3O/c1-3-5-11(15)13(17)16-12-7-4-6-9(2)10(12)8-14/h4,6-7,11H,3,5,15H2,1-2H3,(H,16,17)/t11-/m0/s1. The van der Waals surface area contributed by atoms with Crippen molar-refractivity contribution in [3.8, 4) is 6.07 Å². The van der Waals surface area contributed by atoms with E-state index in [9.17, 15) is 4.79 Å². The van der Waals surface area contributed by atoms with E-state index in [0.29, 0.717) is 17.7 Å². The van der Waals surface area contributed by atoms with Crippen LogP contribution in [0.1, 0.15) is 30.9 Å². The van der Waals surface area contributed by atoms with E-state index in [0.717, 1.165) is 12.0 Å². The Morgan fingerprint density at radius 1 is 1.59 bits per heavy atom. The van der Waals surface area contributed by atoms with E-state index in [1.54, 1.807) is 12.1 Å². The van der Waals surface area contributed by atoms with Crippen LogP contribution in [0.25, 0.3) is 0 Å². The Morgan fingerprint density at radius 2 is 2.29 bits per heavy atom. The van der Waals surface area contributed by atoms with Gasteiger partial charge in [0, 0.05) is 0 Å². The van der Waals surface area contributed by atoms with E-state index in [2.05, 4.69) is 11.4 Å². The third-order valence-corrected chi connectivity index (χ3v) is 2.58. The van der Waals surface area contributed by atoms with Crippen LogP contribution in [0.15, 0.2) is 18.2 Å². The highest BCUT2D eigenvalue weighted by Crippen LogP contribution is 2.18. The van der Waals surface area contributed by atoms with Crippen molar-refractivity contribution in [2.24, 2.45) is 5.73 Å². The highest BCUT2D eigenvalue weighted by molar-refractivity contribution is 5.95. The van der Waals surface area contributed by atoms with Gasteiger partial charge in [-0.1, -0.05) is 25.5 Å². The maximum atomic E-state index is 11.7. The van der Waals surface area contributed by atoms with Gasteiger partial charge in [-0.15, -0.1) is 0 Å². The summed E-state index contributed by atoms with van der Waals surface area (Å²) in [6, 6.07) is 6.91. The Bertz CT molecular complexity index is 448. The minimum absolute atomic E-state index is 0.242. The van der Waals surface area contributed by atoms with Gasteiger partial charge in [0.2, 0.25) is 5.91 Å². The molecule has 1 aromatic rings. The van der Waals surface area contributed by atoms with E-state index in [1.807, 2.05) is 19.9 Å². The Hall–Kier alpha value is -1.86. The Kier molecular flexibility index (Phi) is 4.68. The maximum absolute atomic E-state index is 11.7. The minimum atomic E-state index is -0.521. The zero-order chi connectivity index (χ0) is 12.8. The van der Waals surface area contributed by atoms with Crippen molar-refractivity contribution in [2.75, 3.05) is 5.32 Å². The second kappa shape index (κ2) is 6.02. The molecular weight excluding hydrogens is 214 g/mol. The molecule has 0 saturated carbocycles. The predicted molar refractivity (Wildman–Crippen MR) is 67.4 cm³/mol. The van der Waals surface area contributed by atoms with Crippen LogP contribution in [0, 0.1) is 18.3 Å². The summed E-state index contributed by atoms with van der Waals surface area (Å²) in [5, 5.41) is 11.7. The smallest absolute Gasteiger partial charge is 0.241 e. The number of nitrogens with two attached hydrogens (primary N) is 1. The Morgan fingerprint density at radius 3 is 2.88 bits per heavy atom. The third-order valence-electron chi connectivity index (χ3n) is 2.58. The highest BCUT2D eigenvalue weighted by atomic mass is 16.2. The number of hydrogen-bond donors (Lipinski definition) is 2. The normalized spacial score (nSPS) is 11.6. The van der Waals surface area contributed by atoms with Crippen molar-refractivity contribution in [2.45, 2.75) is 32.7 Å². The van der Waals surface area contributed by atoms with E-state index >= 15 is 0 Å². The second-order valence-electron chi connectivity index (χ2n) is 3.99. The van der Waals surface area contributed by atoms with Crippen LogP contribution in [0.4, 0.5) is 5.69 Å². The van der Waals surface area contributed by atoms with Crippen LogP contribution in [0.5, 0.6) is 0 Å². The van der Waals surface area contributed by atoms with E-state index in [4.69, 9.17) is 11.0 Å². The van der Waals surface area contributed by atoms with Gasteiger partial charge in [-0.25, -0.2) is 0 Å². The van der Waals surface area contributed by atoms with Crippen molar-refractivity contribution >= 4 is 11.6 Å². The number of nitrogens with one attached hydrogen (secondary N) is 1. The lowest BCUT2D eigenvalue weighted by Crippen LogP contribution is -2.35. The highest BCUT2D eigenvalue weighted by Gasteiger charge is 2.14. The monoisotopic (exact) mass is 231 g/mol. The van der Waals surface area contributed by atoms with Crippen LogP contribution in [0.3, 0.4) is 0 Å². The lowest BCUT2D eigenvalue weighted by molar-refractivity contribution is -0.117. The molecule has 0 fully saturated rings. The summed E-state index contributed by atoms with van der Waals surface area (Å²) in [6.45, 7) is 3.81. The average molecular weight is 231 g/mol. The summed E-state index contributed by atoms with van der Waals surface area (Å²) >= 11 is 0. The average Bonchev–Trinajstić information content (AvgIpc) is 2.29. The topological polar surface area (TPSA) is 78.9 Å². The first kappa shape index (κ1) is 13.2. The van der Waals surface area contributed by atoms with Gasteiger partial charge in [0.25, 0.3) is 0 Å². The molecule has 1 amide bonds. The molecular formula is C13H17N3O. The van der Waals surface area contributed by atoms with Gasteiger partial charge in [0.1, 0.15) is 6.07 Å². The molecule has 4 nitrogen and oxygen atoms in total. The van der Waals surface area contributed by atoms with Crippen LogP contribution in [-0.4, -0.2) is 11.9 Å². The second-order valence-corrected chi connectivity index (χ2v) is 3.99. The molecule has 0 saturated heterocycles. The number of nitrogens with zero attached hydrogens (tertiary/aromatic N) is 1. The number of amides is 1. The number of rotatable bonds is 4. The van der Waals surface area contributed by atoms with Crippen molar-refractivity contribution in [1.29, 1.82) is 5.26 Å².